The average Bonchev–Trinajstić information content (AvgIpc) is 2.34. The lowest BCUT2D eigenvalue weighted by Crippen LogP contribution is -2.36. The third-order valence-electron chi connectivity index (χ3n) is 2.84. The van der Waals surface area contributed by atoms with Crippen LogP contribution in [0, 0.1) is 6.92 Å². The second-order valence-electron chi connectivity index (χ2n) is 4.25. The van der Waals surface area contributed by atoms with Gasteiger partial charge in [0.1, 0.15) is 0 Å². The number of nitrogens with two attached hydrogens (primary N) is 1. The van der Waals surface area contributed by atoms with Crippen molar-refractivity contribution in [1.82, 2.24) is 4.90 Å². The van der Waals surface area contributed by atoms with Crippen molar-refractivity contribution in [3.05, 3.63) is 35.4 Å². The second kappa shape index (κ2) is 7.07. The Morgan fingerprint density at radius 3 is 2.59 bits per heavy atom. The molecule has 0 radical (unpaired) electrons. The van der Waals surface area contributed by atoms with E-state index >= 15 is 0 Å². The van der Waals surface area contributed by atoms with Gasteiger partial charge in [-0.25, -0.2) is 0 Å². The highest BCUT2D eigenvalue weighted by Gasteiger charge is 2.15. The first-order valence-corrected chi connectivity index (χ1v) is 6.25. The fraction of sp³-hybridized carbons (Fsp3) is 0.500. The summed E-state index contributed by atoms with van der Waals surface area (Å²) in [5.41, 5.74) is 7.37. The Labute approximate surface area is 104 Å². The summed E-state index contributed by atoms with van der Waals surface area (Å²) in [5, 5.41) is 0. The van der Waals surface area contributed by atoms with E-state index in [9.17, 15) is 4.79 Å². The Hall–Kier alpha value is -1.35. The van der Waals surface area contributed by atoms with Gasteiger partial charge in [0.15, 0.2) is 0 Å². The minimum Gasteiger partial charge on any atom is -0.337 e. The van der Waals surface area contributed by atoms with Crippen LogP contribution in [0.2, 0.25) is 0 Å². The highest BCUT2D eigenvalue weighted by atomic mass is 16.2. The zero-order chi connectivity index (χ0) is 12.7. The Morgan fingerprint density at radius 2 is 2.00 bits per heavy atom. The summed E-state index contributed by atoms with van der Waals surface area (Å²) in [6.07, 6.45) is 2.11. The number of unbranched alkanes of at least 4 members (excludes halogenated alkanes) is 1. The molecule has 17 heavy (non-hydrogen) atoms. The van der Waals surface area contributed by atoms with Crippen LogP contribution in [0.4, 0.5) is 0 Å². The van der Waals surface area contributed by atoms with Gasteiger partial charge >= 0.3 is 0 Å². The molecule has 0 heterocycles. The van der Waals surface area contributed by atoms with Gasteiger partial charge in [-0.1, -0.05) is 31.5 Å². The minimum atomic E-state index is 0.0991. The first-order valence-electron chi connectivity index (χ1n) is 6.25. The molecule has 0 unspecified atom stereocenters. The van der Waals surface area contributed by atoms with Gasteiger partial charge in [0.25, 0.3) is 5.91 Å². The molecule has 0 spiro atoms. The monoisotopic (exact) mass is 234 g/mol. The largest absolute Gasteiger partial charge is 0.337 e. The summed E-state index contributed by atoms with van der Waals surface area (Å²) < 4.78 is 0. The van der Waals surface area contributed by atoms with E-state index in [1.165, 1.54) is 0 Å². The van der Waals surface area contributed by atoms with Crippen LogP contribution in [0.15, 0.2) is 24.3 Å². The molecule has 1 aromatic carbocycles. The van der Waals surface area contributed by atoms with E-state index in [-0.39, 0.29) is 5.91 Å². The molecule has 0 bridgehead atoms. The quantitative estimate of drug-likeness (QED) is 0.820. The SMILES string of the molecule is CCCCN(CCN)C(=O)c1ccccc1C. The summed E-state index contributed by atoms with van der Waals surface area (Å²) in [7, 11) is 0. The number of nitrogens with zero attached hydrogens (tertiary/aromatic N) is 1. The fourth-order valence-electron chi connectivity index (χ4n) is 1.80. The number of carbonyl (C=O) groups is 1. The van der Waals surface area contributed by atoms with E-state index in [0.29, 0.717) is 13.1 Å². The van der Waals surface area contributed by atoms with Crippen LogP contribution in [0.25, 0.3) is 0 Å². The van der Waals surface area contributed by atoms with Crippen molar-refractivity contribution in [1.29, 1.82) is 0 Å². The summed E-state index contributed by atoms with van der Waals surface area (Å²) >= 11 is 0. The lowest BCUT2D eigenvalue weighted by atomic mass is 10.1. The normalized spacial score (nSPS) is 10.3. The van der Waals surface area contributed by atoms with Crippen molar-refractivity contribution in [3.8, 4) is 0 Å². The van der Waals surface area contributed by atoms with E-state index in [1.54, 1.807) is 0 Å². The predicted molar refractivity (Wildman–Crippen MR) is 71.0 cm³/mol. The molecule has 94 valence electrons. The molecule has 3 heteroatoms. The number of carbonyl (C=O) groups excluding carboxylic acids is 1. The maximum Gasteiger partial charge on any atom is 0.254 e. The number of rotatable bonds is 6. The Morgan fingerprint density at radius 1 is 1.29 bits per heavy atom. The van der Waals surface area contributed by atoms with Gasteiger partial charge < -0.3 is 10.6 Å². The molecule has 3 nitrogen and oxygen atoms in total. The van der Waals surface area contributed by atoms with Crippen LogP contribution < -0.4 is 5.73 Å². The number of hydrogen-bond donors (Lipinski definition) is 1. The number of hydrogen-bond acceptors (Lipinski definition) is 2. The van der Waals surface area contributed by atoms with Crippen molar-refractivity contribution in [3.63, 3.8) is 0 Å². The summed E-state index contributed by atoms with van der Waals surface area (Å²) in [5.74, 6) is 0.0991. The maximum absolute atomic E-state index is 12.3. The van der Waals surface area contributed by atoms with Crippen molar-refractivity contribution < 1.29 is 4.79 Å². The van der Waals surface area contributed by atoms with Gasteiger partial charge in [0.05, 0.1) is 0 Å². The summed E-state index contributed by atoms with van der Waals surface area (Å²) in [4.78, 5) is 14.2. The van der Waals surface area contributed by atoms with Crippen LogP contribution >= 0.6 is 0 Å². The first-order chi connectivity index (χ1) is 8.20. The molecule has 1 amide bonds. The van der Waals surface area contributed by atoms with E-state index in [4.69, 9.17) is 5.73 Å². The molecule has 0 aromatic heterocycles. The second-order valence-corrected chi connectivity index (χ2v) is 4.25. The number of amides is 1. The zero-order valence-electron chi connectivity index (χ0n) is 10.8. The minimum absolute atomic E-state index is 0.0991. The van der Waals surface area contributed by atoms with Crippen LogP contribution in [0.5, 0.6) is 0 Å². The molecule has 2 N–H and O–H groups in total. The van der Waals surface area contributed by atoms with Crippen LogP contribution in [0.1, 0.15) is 35.7 Å². The van der Waals surface area contributed by atoms with Crippen molar-refractivity contribution in [2.45, 2.75) is 26.7 Å². The van der Waals surface area contributed by atoms with Gasteiger partial charge in [-0.2, -0.15) is 0 Å². The maximum atomic E-state index is 12.3. The number of benzene rings is 1. The molecule has 0 atom stereocenters. The van der Waals surface area contributed by atoms with Gasteiger partial charge in [-0.05, 0) is 25.0 Å². The highest BCUT2D eigenvalue weighted by molar-refractivity contribution is 5.95. The van der Waals surface area contributed by atoms with Crippen LogP contribution in [-0.4, -0.2) is 30.4 Å². The molecule has 0 aliphatic heterocycles. The molecule has 0 aliphatic carbocycles. The molecule has 0 saturated heterocycles. The predicted octanol–water partition coefficient (Wildman–Crippen LogP) is 2.20. The van der Waals surface area contributed by atoms with Gasteiger partial charge in [0, 0.05) is 25.2 Å². The molecule has 1 aromatic rings. The molecular weight excluding hydrogens is 212 g/mol. The van der Waals surface area contributed by atoms with Gasteiger partial charge in [0.2, 0.25) is 0 Å². The fourth-order valence-corrected chi connectivity index (χ4v) is 1.80. The molecule has 0 aliphatic rings. The smallest absolute Gasteiger partial charge is 0.254 e. The summed E-state index contributed by atoms with van der Waals surface area (Å²) in [6, 6.07) is 7.70. The third kappa shape index (κ3) is 3.86. The summed E-state index contributed by atoms with van der Waals surface area (Å²) in [6.45, 7) is 6.03. The van der Waals surface area contributed by atoms with Crippen molar-refractivity contribution in [2.75, 3.05) is 19.6 Å². The van der Waals surface area contributed by atoms with Crippen LogP contribution in [-0.2, 0) is 0 Å². The van der Waals surface area contributed by atoms with E-state index in [0.717, 1.165) is 30.5 Å². The average molecular weight is 234 g/mol. The molecular formula is C14H22N2O. The van der Waals surface area contributed by atoms with Gasteiger partial charge in [-0.3, -0.25) is 4.79 Å². The van der Waals surface area contributed by atoms with Crippen molar-refractivity contribution in [2.24, 2.45) is 5.73 Å². The van der Waals surface area contributed by atoms with Crippen LogP contribution in [0.3, 0.4) is 0 Å². The van der Waals surface area contributed by atoms with E-state index in [1.807, 2.05) is 36.1 Å². The standard InChI is InChI=1S/C14H22N2O/c1-3-4-10-16(11-9-15)14(17)13-8-6-5-7-12(13)2/h5-8H,3-4,9-11,15H2,1-2H3. The Bertz CT molecular complexity index is 363. The first kappa shape index (κ1) is 13.7. The van der Waals surface area contributed by atoms with Crippen molar-refractivity contribution >= 4 is 5.91 Å². The highest BCUT2D eigenvalue weighted by Crippen LogP contribution is 2.11. The molecule has 0 fully saturated rings. The molecule has 1 rings (SSSR count). The lowest BCUT2D eigenvalue weighted by molar-refractivity contribution is 0.0757. The van der Waals surface area contributed by atoms with E-state index < -0.39 is 0 Å². The van der Waals surface area contributed by atoms with E-state index in [2.05, 4.69) is 6.92 Å². The Balaban J connectivity index is 2.80. The number of aryl methyl sites for hydroxylation is 1. The lowest BCUT2D eigenvalue weighted by Gasteiger charge is -2.22. The third-order valence-corrected chi connectivity index (χ3v) is 2.84. The Kier molecular flexibility index (Phi) is 5.70. The van der Waals surface area contributed by atoms with Gasteiger partial charge in [-0.15, -0.1) is 0 Å². The topological polar surface area (TPSA) is 46.3 Å². The zero-order valence-corrected chi connectivity index (χ0v) is 10.8. The molecule has 0 saturated carbocycles.